The van der Waals surface area contributed by atoms with Crippen molar-refractivity contribution >= 4 is 27.6 Å². The SMILES string of the molecule is COC(=O)c1ccc(Cl)c(S(=O)(=O)NCc2nc(-c3ccc(C(C)(C)C)cc3)no2)c1. The molecule has 0 aliphatic carbocycles. The molecule has 164 valence electrons. The second kappa shape index (κ2) is 8.78. The van der Waals surface area contributed by atoms with Gasteiger partial charge in [-0.2, -0.15) is 4.98 Å². The number of hydrogen-bond acceptors (Lipinski definition) is 7. The van der Waals surface area contributed by atoms with Crippen LogP contribution in [0.4, 0.5) is 0 Å². The van der Waals surface area contributed by atoms with Crippen molar-refractivity contribution in [3.63, 3.8) is 0 Å². The highest BCUT2D eigenvalue weighted by atomic mass is 35.5. The molecule has 0 aliphatic rings. The Morgan fingerprint density at radius 1 is 1.16 bits per heavy atom. The summed E-state index contributed by atoms with van der Waals surface area (Å²) >= 11 is 6.02. The smallest absolute Gasteiger partial charge is 0.337 e. The molecule has 1 aromatic heterocycles. The van der Waals surface area contributed by atoms with Crippen LogP contribution in [-0.2, 0) is 26.7 Å². The van der Waals surface area contributed by atoms with E-state index in [9.17, 15) is 13.2 Å². The van der Waals surface area contributed by atoms with E-state index >= 15 is 0 Å². The molecule has 3 aromatic rings. The van der Waals surface area contributed by atoms with Gasteiger partial charge in [0.2, 0.25) is 21.7 Å². The summed E-state index contributed by atoms with van der Waals surface area (Å²) < 4.78 is 37.4. The van der Waals surface area contributed by atoms with Gasteiger partial charge in [0.1, 0.15) is 4.90 Å². The predicted octanol–water partition coefficient (Wildman–Crippen LogP) is 3.95. The number of esters is 1. The van der Waals surface area contributed by atoms with Gasteiger partial charge in [-0.1, -0.05) is 61.8 Å². The number of carbonyl (C=O) groups excluding carboxylic acids is 1. The lowest BCUT2D eigenvalue weighted by Crippen LogP contribution is -2.24. The van der Waals surface area contributed by atoms with Crippen LogP contribution in [0.2, 0.25) is 5.02 Å². The molecular weight excluding hydrogens is 442 g/mol. The molecule has 1 N–H and O–H groups in total. The van der Waals surface area contributed by atoms with Gasteiger partial charge in [-0.05, 0) is 29.2 Å². The zero-order chi connectivity index (χ0) is 22.8. The lowest BCUT2D eigenvalue weighted by atomic mass is 9.87. The molecule has 0 saturated carbocycles. The predicted molar refractivity (Wildman–Crippen MR) is 115 cm³/mol. The first kappa shape index (κ1) is 22.9. The molecule has 8 nitrogen and oxygen atoms in total. The van der Waals surface area contributed by atoms with Crippen molar-refractivity contribution in [2.75, 3.05) is 7.11 Å². The average Bonchev–Trinajstić information content (AvgIpc) is 3.20. The fourth-order valence-electron chi connectivity index (χ4n) is 2.75. The van der Waals surface area contributed by atoms with Gasteiger partial charge in [0.05, 0.1) is 24.2 Å². The third-order valence-electron chi connectivity index (χ3n) is 4.53. The highest BCUT2D eigenvalue weighted by Gasteiger charge is 2.22. The highest BCUT2D eigenvalue weighted by molar-refractivity contribution is 7.89. The molecule has 31 heavy (non-hydrogen) atoms. The summed E-state index contributed by atoms with van der Waals surface area (Å²) in [5, 5.41) is 3.87. The number of benzene rings is 2. The van der Waals surface area contributed by atoms with Crippen molar-refractivity contribution < 1.29 is 22.5 Å². The largest absolute Gasteiger partial charge is 0.465 e. The van der Waals surface area contributed by atoms with Gasteiger partial charge in [-0.25, -0.2) is 17.9 Å². The average molecular weight is 464 g/mol. The van der Waals surface area contributed by atoms with Crippen molar-refractivity contribution in [3.8, 4) is 11.4 Å². The van der Waals surface area contributed by atoms with Gasteiger partial charge in [0.15, 0.2) is 0 Å². The van der Waals surface area contributed by atoms with Gasteiger partial charge >= 0.3 is 5.97 Å². The number of sulfonamides is 1. The summed E-state index contributed by atoms with van der Waals surface area (Å²) in [5.41, 5.74) is 2.00. The van der Waals surface area contributed by atoms with Crippen molar-refractivity contribution in [1.29, 1.82) is 0 Å². The zero-order valence-electron chi connectivity index (χ0n) is 17.5. The van der Waals surface area contributed by atoms with E-state index < -0.39 is 16.0 Å². The molecular formula is C21H22ClN3O5S. The number of ether oxygens (including phenoxy) is 1. The Bertz CT molecular complexity index is 1200. The third-order valence-corrected chi connectivity index (χ3v) is 6.42. The number of nitrogens with zero attached hydrogens (tertiary/aromatic N) is 2. The standard InChI is InChI=1S/C21H22ClN3O5S/c1-21(2,3)15-8-5-13(6-9-15)19-24-18(30-25-19)12-23-31(27,28)17-11-14(20(26)29-4)7-10-16(17)22/h5-11,23H,12H2,1-4H3. The molecule has 0 bridgehead atoms. The van der Waals surface area contributed by atoms with Crippen LogP contribution in [0.1, 0.15) is 42.6 Å². The van der Waals surface area contributed by atoms with Crippen LogP contribution < -0.4 is 4.72 Å². The summed E-state index contributed by atoms with van der Waals surface area (Å²) in [6.45, 7) is 6.11. The molecule has 0 radical (unpaired) electrons. The molecule has 1 heterocycles. The molecule has 10 heteroatoms. The van der Waals surface area contributed by atoms with E-state index in [1.807, 2.05) is 24.3 Å². The van der Waals surface area contributed by atoms with Crippen LogP contribution >= 0.6 is 11.6 Å². The fourth-order valence-corrected chi connectivity index (χ4v) is 4.25. The van der Waals surface area contributed by atoms with Crippen LogP contribution in [0.15, 0.2) is 51.9 Å². The zero-order valence-corrected chi connectivity index (χ0v) is 19.0. The topological polar surface area (TPSA) is 111 Å². The minimum Gasteiger partial charge on any atom is -0.465 e. The van der Waals surface area contributed by atoms with Crippen molar-refractivity contribution in [2.45, 2.75) is 37.6 Å². The Labute approximate surface area is 185 Å². The molecule has 0 amide bonds. The van der Waals surface area contributed by atoms with Gasteiger partial charge in [0, 0.05) is 5.56 Å². The number of hydrogen-bond donors (Lipinski definition) is 1. The van der Waals surface area contributed by atoms with Crippen molar-refractivity contribution in [1.82, 2.24) is 14.9 Å². The molecule has 0 spiro atoms. The molecule has 0 atom stereocenters. The molecule has 2 aromatic carbocycles. The Balaban J connectivity index is 1.75. The van der Waals surface area contributed by atoms with Crippen LogP contribution in [0.25, 0.3) is 11.4 Å². The van der Waals surface area contributed by atoms with Gasteiger partial charge < -0.3 is 9.26 Å². The Hall–Kier alpha value is -2.75. The Kier molecular flexibility index (Phi) is 6.49. The van der Waals surface area contributed by atoms with Gasteiger partial charge in [-0.15, -0.1) is 0 Å². The van der Waals surface area contributed by atoms with Crippen LogP contribution in [0.3, 0.4) is 0 Å². The molecule has 0 fully saturated rings. The minimum absolute atomic E-state index is 0.0195. The molecule has 0 unspecified atom stereocenters. The summed E-state index contributed by atoms with van der Waals surface area (Å²) in [7, 11) is -2.85. The number of carbonyl (C=O) groups is 1. The minimum atomic E-state index is -4.05. The first-order valence-corrected chi connectivity index (χ1v) is 11.2. The first-order chi connectivity index (χ1) is 14.5. The van der Waals surface area contributed by atoms with E-state index in [0.29, 0.717) is 5.82 Å². The number of aromatic nitrogens is 2. The quantitative estimate of drug-likeness (QED) is 0.551. The normalized spacial score (nSPS) is 12.0. The fraction of sp³-hybridized carbons (Fsp3) is 0.286. The molecule has 3 rings (SSSR count). The van der Waals surface area contributed by atoms with Crippen molar-refractivity contribution in [3.05, 3.63) is 64.5 Å². The number of halogens is 1. The maximum absolute atomic E-state index is 12.7. The van der Waals surface area contributed by atoms with E-state index in [1.165, 1.54) is 24.8 Å². The van der Waals surface area contributed by atoms with Crippen molar-refractivity contribution in [2.24, 2.45) is 0 Å². The number of nitrogens with one attached hydrogen (secondary N) is 1. The van der Waals surface area contributed by atoms with Gasteiger partial charge in [-0.3, -0.25) is 0 Å². The maximum Gasteiger partial charge on any atom is 0.337 e. The van der Waals surface area contributed by atoms with Gasteiger partial charge in [0.25, 0.3) is 0 Å². The van der Waals surface area contributed by atoms with E-state index in [0.717, 1.165) is 11.6 Å². The summed E-state index contributed by atoms with van der Waals surface area (Å²) in [4.78, 5) is 15.7. The summed E-state index contributed by atoms with van der Waals surface area (Å²) in [6, 6.07) is 11.6. The number of methoxy groups -OCH3 is 1. The van der Waals surface area contributed by atoms with E-state index in [-0.39, 0.29) is 33.3 Å². The number of rotatable bonds is 6. The molecule has 0 aliphatic heterocycles. The van der Waals surface area contributed by atoms with E-state index in [4.69, 9.17) is 16.1 Å². The summed E-state index contributed by atoms with van der Waals surface area (Å²) in [6.07, 6.45) is 0. The van der Waals surface area contributed by atoms with E-state index in [2.05, 4.69) is 40.4 Å². The van der Waals surface area contributed by atoms with Crippen LogP contribution in [0.5, 0.6) is 0 Å². The van der Waals surface area contributed by atoms with E-state index in [1.54, 1.807) is 0 Å². The highest BCUT2D eigenvalue weighted by Crippen LogP contribution is 2.26. The molecule has 0 saturated heterocycles. The Morgan fingerprint density at radius 2 is 1.84 bits per heavy atom. The lowest BCUT2D eigenvalue weighted by molar-refractivity contribution is 0.0600. The first-order valence-electron chi connectivity index (χ1n) is 9.32. The third kappa shape index (κ3) is 5.30. The second-order valence-corrected chi connectivity index (χ2v) is 9.94. The lowest BCUT2D eigenvalue weighted by Gasteiger charge is -2.18. The second-order valence-electron chi connectivity index (χ2n) is 7.80. The summed E-state index contributed by atoms with van der Waals surface area (Å²) in [5.74, 6) is -0.244. The van der Waals surface area contributed by atoms with Crippen LogP contribution in [0, 0.1) is 0 Å². The van der Waals surface area contributed by atoms with Crippen LogP contribution in [-0.4, -0.2) is 31.6 Å². The maximum atomic E-state index is 12.7. The Morgan fingerprint density at radius 3 is 2.45 bits per heavy atom. The monoisotopic (exact) mass is 463 g/mol.